The lowest BCUT2D eigenvalue weighted by Gasteiger charge is -2.17. The van der Waals surface area contributed by atoms with Gasteiger partial charge in [-0.15, -0.1) is 0 Å². The molecule has 1 aliphatic heterocycles. The first-order valence-corrected chi connectivity index (χ1v) is 7.19. The number of rotatable bonds is 3. The highest BCUT2D eigenvalue weighted by Crippen LogP contribution is 2.40. The third-order valence-electron chi connectivity index (χ3n) is 4.22. The highest BCUT2D eigenvalue weighted by atomic mass is 16.7. The van der Waals surface area contributed by atoms with E-state index in [1.807, 2.05) is 6.92 Å². The lowest BCUT2D eigenvalue weighted by molar-refractivity contribution is -0.137. The second kappa shape index (κ2) is 6.53. The highest BCUT2D eigenvalue weighted by molar-refractivity contribution is 5.82. The van der Waals surface area contributed by atoms with Crippen LogP contribution in [0.5, 0.6) is 0 Å². The molecule has 2 aliphatic rings. The molecule has 0 bridgehead atoms. The summed E-state index contributed by atoms with van der Waals surface area (Å²) in [6, 6.07) is 0. The van der Waals surface area contributed by atoms with Crippen LogP contribution in [0.2, 0.25) is 0 Å². The van der Waals surface area contributed by atoms with Crippen LogP contribution in [0.1, 0.15) is 39.5 Å². The van der Waals surface area contributed by atoms with Crippen LogP contribution < -0.4 is 0 Å². The van der Waals surface area contributed by atoms with E-state index in [4.69, 9.17) is 14.2 Å². The zero-order chi connectivity index (χ0) is 13.8. The van der Waals surface area contributed by atoms with Gasteiger partial charge in [0.2, 0.25) is 0 Å². The quantitative estimate of drug-likeness (QED) is 0.583. The molecule has 4 atom stereocenters. The summed E-state index contributed by atoms with van der Waals surface area (Å²) < 4.78 is 16.2. The largest absolute Gasteiger partial charge is 0.463 e. The first kappa shape index (κ1) is 14.5. The van der Waals surface area contributed by atoms with Crippen molar-refractivity contribution in [3.63, 3.8) is 0 Å². The molecule has 0 aromatic carbocycles. The number of carbonyl (C=O) groups excluding carboxylic acids is 1. The van der Waals surface area contributed by atoms with Gasteiger partial charge in [-0.1, -0.05) is 12.5 Å². The number of ether oxygens (including phenoxy) is 3. The van der Waals surface area contributed by atoms with Gasteiger partial charge < -0.3 is 14.2 Å². The van der Waals surface area contributed by atoms with Crippen molar-refractivity contribution in [2.75, 3.05) is 13.7 Å². The molecule has 1 saturated heterocycles. The van der Waals surface area contributed by atoms with Crippen molar-refractivity contribution in [2.24, 2.45) is 11.8 Å². The van der Waals surface area contributed by atoms with E-state index in [1.165, 1.54) is 5.57 Å². The number of hydrogen-bond acceptors (Lipinski definition) is 4. The van der Waals surface area contributed by atoms with E-state index in [9.17, 15) is 4.79 Å². The maximum Gasteiger partial charge on any atom is 0.330 e. The molecule has 0 N–H and O–H groups in total. The number of carbonyl (C=O) groups is 1. The van der Waals surface area contributed by atoms with Crippen LogP contribution in [-0.4, -0.2) is 32.1 Å². The third kappa shape index (κ3) is 3.57. The fraction of sp³-hybridized carbons (Fsp3) is 0.800. The van der Waals surface area contributed by atoms with Crippen molar-refractivity contribution in [1.82, 2.24) is 0 Å². The zero-order valence-electron chi connectivity index (χ0n) is 12.1. The maximum atomic E-state index is 11.6. The fourth-order valence-corrected chi connectivity index (χ4v) is 3.11. The first-order valence-electron chi connectivity index (χ1n) is 7.19. The van der Waals surface area contributed by atoms with Gasteiger partial charge in [0.15, 0.2) is 6.29 Å². The summed E-state index contributed by atoms with van der Waals surface area (Å²) in [4.78, 5) is 11.6. The second-order valence-corrected chi connectivity index (χ2v) is 5.48. The van der Waals surface area contributed by atoms with Crippen molar-refractivity contribution in [3.05, 3.63) is 11.6 Å². The monoisotopic (exact) mass is 268 g/mol. The molecule has 4 nitrogen and oxygen atoms in total. The van der Waals surface area contributed by atoms with Crippen molar-refractivity contribution in [1.29, 1.82) is 0 Å². The Bertz CT molecular complexity index is 350. The van der Waals surface area contributed by atoms with Gasteiger partial charge >= 0.3 is 5.97 Å². The molecule has 2 rings (SSSR count). The van der Waals surface area contributed by atoms with Crippen LogP contribution in [0.3, 0.4) is 0 Å². The smallest absolute Gasteiger partial charge is 0.330 e. The van der Waals surface area contributed by atoms with E-state index >= 15 is 0 Å². The Balaban J connectivity index is 2.00. The predicted octanol–water partition coefficient (Wildman–Crippen LogP) is 2.67. The van der Waals surface area contributed by atoms with E-state index in [1.54, 1.807) is 13.2 Å². The van der Waals surface area contributed by atoms with Crippen LogP contribution in [0, 0.1) is 11.8 Å². The molecule has 4 heteroatoms. The van der Waals surface area contributed by atoms with E-state index in [0.717, 1.165) is 25.7 Å². The molecule has 1 aliphatic carbocycles. The summed E-state index contributed by atoms with van der Waals surface area (Å²) >= 11 is 0. The van der Waals surface area contributed by atoms with Crippen molar-refractivity contribution < 1.29 is 19.0 Å². The normalized spacial score (nSPS) is 36.9. The van der Waals surface area contributed by atoms with Crippen LogP contribution in [0.25, 0.3) is 0 Å². The number of fused-ring (bicyclic) bond motifs is 1. The summed E-state index contributed by atoms with van der Waals surface area (Å²) in [5.41, 5.74) is 1.20. The fourth-order valence-electron chi connectivity index (χ4n) is 3.11. The van der Waals surface area contributed by atoms with Crippen molar-refractivity contribution >= 4 is 5.97 Å². The Morgan fingerprint density at radius 2 is 2.26 bits per heavy atom. The molecule has 0 aromatic heterocycles. The summed E-state index contributed by atoms with van der Waals surface area (Å²) in [6.45, 7) is 4.42. The van der Waals surface area contributed by atoms with E-state index in [-0.39, 0.29) is 18.4 Å². The minimum Gasteiger partial charge on any atom is -0.463 e. The van der Waals surface area contributed by atoms with Crippen LogP contribution in [0.15, 0.2) is 11.6 Å². The topological polar surface area (TPSA) is 44.8 Å². The predicted molar refractivity (Wildman–Crippen MR) is 71.5 cm³/mol. The average Bonchev–Trinajstić information content (AvgIpc) is 2.71. The minimum atomic E-state index is -0.216. The average molecular weight is 268 g/mol. The van der Waals surface area contributed by atoms with Crippen molar-refractivity contribution in [2.45, 2.75) is 51.9 Å². The van der Waals surface area contributed by atoms with Gasteiger partial charge in [-0.3, -0.25) is 0 Å². The van der Waals surface area contributed by atoms with Crippen LogP contribution >= 0.6 is 0 Å². The van der Waals surface area contributed by atoms with Crippen molar-refractivity contribution in [3.8, 4) is 0 Å². The highest BCUT2D eigenvalue weighted by Gasteiger charge is 2.38. The lowest BCUT2D eigenvalue weighted by Crippen LogP contribution is -2.17. The molecule has 0 radical (unpaired) electrons. The van der Waals surface area contributed by atoms with Gasteiger partial charge in [-0.25, -0.2) is 4.79 Å². The standard InChI is InChI=1S/C15H24O4/c1-4-18-14(16)8-11-5-6-12-9-15(17-3)19-13(12)7-10(11)2/h8,10,12-13,15H,4-7,9H2,1-3H3/b11-8-/t10-,12+,13+,15?/m0/s1. The van der Waals surface area contributed by atoms with Gasteiger partial charge in [0, 0.05) is 19.6 Å². The molecule has 1 heterocycles. The summed E-state index contributed by atoms with van der Waals surface area (Å²) in [7, 11) is 1.70. The first-order chi connectivity index (χ1) is 9.13. The molecule has 19 heavy (non-hydrogen) atoms. The Morgan fingerprint density at radius 3 is 2.95 bits per heavy atom. The molecule has 0 amide bonds. The second-order valence-electron chi connectivity index (χ2n) is 5.48. The SMILES string of the molecule is CCOC(=O)/C=C1/CC[C@@H]2CC(OC)O[C@@H]2C[C@@H]1C. The maximum absolute atomic E-state index is 11.6. The Labute approximate surface area is 115 Å². The van der Waals surface area contributed by atoms with E-state index in [0.29, 0.717) is 18.4 Å². The van der Waals surface area contributed by atoms with Crippen LogP contribution in [-0.2, 0) is 19.0 Å². The molecule has 108 valence electrons. The van der Waals surface area contributed by atoms with Gasteiger partial charge in [0.05, 0.1) is 12.7 Å². The number of methoxy groups -OCH3 is 1. The Hall–Kier alpha value is -0.870. The van der Waals surface area contributed by atoms with Crippen LogP contribution in [0.4, 0.5) is 0 Å². The minimum absolute atomic E-state index is 0.0437. The summed E-state index contributed by atoms with van der Waals surface area (Å²) in [6.07, 6.45) is 5.88. The molecular weight excluding hydrogens is 244 g/mol. The van der Waals surface area contributed by atoms with Gasteiger partial charge in [-0.2, -0.15) is 0 Å². The molecule has 1 unspecified atom stereocenters. The molecule has 1 saturated carbocycles. The van der Waals surface area contributed by atoms with E-state index in [2.05, 4.69) is 6.92 Å². The lowest BCUT2D eigenvalue weighted by atomic mass is 9.94. The molecule has 2 fully saturated rings. The Kier molecular flexibility index (Phi) is 4.99. The number of esters is 1. The zero-order valence-corrected chi connectivity index (χ0v) is 12.1. The number of hydrogen-bond donors (Lipinski definition) is 0. The van der Waals surface area contributed by atoms with Gasteiger partial charge in [0.1, 0.15) is 0 Å². The van der Waals surface area contributed by atoms with E-state index < -0.39 is 0 Å². The molecule has 0 aromatic rings. The summed E-state index contributed by atoms with van der Waals surface area (Å²) in [5, 5.41) is 0. The third-order valence-corrected chi connectivity index (χ3v) is 4.22. The van der Waals surface area contributed by atoms with Gasteiger partial charge in [0.25, 0.3) is 0 Å². The summed E-state index contributed by atoms with van der Waals surface area (Å²) in [5.74, 6) is 0.711. The number of allylic oxidation sites excluding steroid dienone is 1. The Morgan fingerprint density at radius 1 is 1.47 bits per heavy atom. The van der Waals surface area contributed by atoms with Gasteiger partial charge in [-0.05, 0) is 38.0 Å². The molecular formula is C15H24O4. The molecule has 0 spiro atoms.